The van der Waals surface area contributed by atoms with Gasteiger partial charge in [0.15, 0.2) is 5.01 Å². The van der Waals surface area contributed by atoms with Crippen molar-refractivity contribution >= 4 is 45.5 Å². The molecule has 8 heteroatoms. The van der Waals surface area contributed by atoms with Crippen molar-refractivity contribution < 1.29 is 9.59 Å². The molecule has 5 rings (SSSR count). The molecule has 2 atom stereocenters. The lowest BCUT2D eigenvalue weighted by atomic mass is 9.90. The zero-order chi connectivity index (χ0) is 22.9. The van der Waals surface area contributed by atoms with Gasteiger partial charge < -0.3 is 15.5 Å². The van der Waals surface area contributed by atoms with Crippen LogP contribution in [-0.2, 0) is 13.0 Å². The van der Waals surface area contributed by atoms with Crippen LogP contribution in [0, 0.1) is 0 Å². The molecule has 1 aliphatic heterocycles. The van der Waals surface area contributed by atoms with Crippen LogP contribution in [0.5, 0.6) is 0 Å². The van der Waals surface area contributed by atoms with Gasteiger partial charge in [0.05, 0.1) is 5.69 Å². The molecule has 0 spiro atoms. The number of hydrogen-bond acceptors (Lipinski definition) is 5. The standard InChI is InChI=1S/C25H27ClN4O2S/c1-30-11-10-21-22(14-30)33-25(29-21)24(32)28-20-5-3-2-4-19(20)27-23(31)17-7-6-16-13-18(26)9-8-15(16)12-17/h6-9,12-13,19-20H,2-5,10-11,14H2,1H3,(H,27,31)(H,28,32)/t19-,20+/m1/s1. The van der Waals surface area contributed by atoms with E-state index in [1.165, 1.54) is 16.2 Å². The largest absolute Gasteiger partial charge is 0.347 e. The fraction of sp³-hybridized carbons (Fsp3) is 0.400. The van der Waals surface area contributed by atoms with E-state index < -0.39 is 0 Å². The summed E-state index contributed by atoms with van der Waals surface area (Å²) in [7, 11) is 2.09. The van der Waals surface area contributed by atoms with Gasteiger partial charge in [-0.05, 0) is 54.9 Å². The Bertz CT molecular complexity index is 1210. The fourth-order valence-corrected chi connectivity index (χ4v) is 6.01. The average molecular weight is 483 g/mol. The van der Waals surface area contributed by atoms with Crippen molar-refractivity contribution in [3.63, 3.8) is 0 Å². The predicted octanol–water partition coefficient (Wildman–Crippen LogP) is 4.41. The van der Waals surface area contributed by atoms with Crippen molar-refractivity contribution in [2.24, 2.45) is 0 Å². The number of rotatable bonds is 4. The van der Waals surface area contributed by atoms with E-state index >= 15 is 0 Å². The van der Waals surface area contributed by atoms with Crippen LogP contribution in [-0.4, -0.2) is 47.4 Å². The molecule has 2 N–H and O–H groups in total. The lowest BCUT2D eigenvalue weighted by molar-refractivity contribution is 0.0862. The number of amides is 2. The van der Waals surface area contributed by atoms with E-state index in [4.69, 9.17) is 11.6 Å². The van der Waals surface area contributed by atoms with Crippen molar-refractivity contribution in [3.8, 4) is 0 Å². The third-order valence-electron chi connectivity index (χ3n) is 6.58. The Hall–Kier alpha value is -2.48. The first-order valence-electron chi connectivity index (χ1n) is 11.4. The summed E-state index contributed by atoms with van der Waals surface area (Å²) in [6, 6.07) is 11.1. The number of likely N-dealkylation sites (N-methyl/N-ethyl adjacent to an activating group) is 1. The highest BCUT2D eigenvalue weighted by atomic mass is 35.5. The molecule has 1 saturated carbocycles. The zero-order valence-electron chi connectivity index (χ0n) is 18.6. The van der Waals surface area contributed by atoms with Gasteiger partial charge in [-0.1, -0.05) is 36.6 Å². The highest BCUT2D eigenvalue weighted by Gasteiger charge is 2.30. The van der Waals surface area contributed by atoms with Crippen LogP contribution in [0.4, 0.5) is 0 Å². The van der Waals surface area contributed by atoms with Gasteiger partial charge in [0.1, 0.15) is 0 Å². The number of fused-ring (bicyclic) bond motifs is 2. The Morgan fingerprint density at radius 3 is 2.52 bits per heavy atom. The number of benzene rings is 2. The van der Waals surface area contributed by atoms with E-state index in [1.54, 1.807) is 0 Å². The van der Waals surface area contributed by atoms with Gasteiger partial charge in [-0.25, -0.2) is 4.98 Å². The molecule has 0 saturated heterocycles. The van der Waals surface area contributed by atoms with Gasteiger partial charge in [0.25, 0.3) is 11.8 Å². The van der Waals surface area contributed by atoms with Gasteiger partial charge >= 0.3 is 0 Å². The Morgan fingerprint density at radius 1 is 1.03 bits per heavy atom. The lowest BCUT2D eigenvalue weighted by Crippen LogP contribution is -2.53. The molecule has 1 aliphatic carbocycles. The highest BCUT2D eigenvalue weighted by molar-refractivity contribution is 7.13. The van der Waals surface area contributed by atoms with Crippen LogP contribution < -0.4 is 10.6 Å². The quantitative estimate of drug-likeness (QED) is 0.577. The van der Waals surface area contributed by atoms with Crippen LogP contribution >= 0.6 is 22.9 Å². The zero-order valence-corrected chi connectivity index (χ0v) is 20.1. The number of nitrogens with zero attached hydrogens (tertiary/aromatic N) is 2. The van der Waals surface area contributed by atoms with Crippen molar-refractivity contribution in [2.45, 2.75) is 50.7 Å². The summed E-state index contributed by atoms with van der Waals surface area (Å²) in [5.41, 5.74) is 1.66. The Kier molecular flexibility index (Phi) is 6.36. The maximum atomic E-state index is 13.0. The third kappa shape index (κ3) is 4.90. The van der Waals surface area contributed by atoms with Gasteiger partial charge in [-0.2, -0.15) is 0 Å². The minimum atomic E-state index is -0.134. The second-order valence-electron chi connectivity index (χ2n) is 9.03. The number of aromatic nitrogens is 1. The summed E-state index contributed by atoms with van der Waals surface area (Å²) in [5.74, 6) is -0.253. The van der Waals surface area contributed by atoms with Gasteiger partial charge in [0, 0.05) is 47.1 Å². The van der Waals surface area contributed by atoms with Crippen LogP contribution in [0.2, 0.25) is 5.02 Å². The maximum Gasteiger partial charge on any atom is 0.280 e. The van der Waals surface area contributed by atoms with Crippen molar-refractivity contribution in [3.05, 3.63) is 62.6 Å². The maximum absolute atomic E-state index is 13.0. The van der Waals surface area contributed by atoms with Crippen LogP contribution in [0.15, 0.2) is 36.4 Å². The SMILES string of the molecule is CN1CCc2nc(C(=O)N[C@H]3CCCC[C@H]3NC(=O)c3ccc4cc(Cl)ccc4c3)sc2C1. The molecule has 0 bridgehead atoms. The van der Waals surface area contributed by atoms with E-state index in [0.29, 0.717) is 15.6 Å². The molecule has 2 amide bonds. The normalized spacial score (nSPS) is 20.9. The third-order valence-corrected chi connectivity index (χ3v) is 7.90. The van der Waals surface area contributed by atoms with Crippen LogP contribution in [0.25, 0.3) is 10.8 Å². The molecule has 1 fully saturated rings. The molecule has 2 heterocycles. The number of nitrogens with one attached hydrogen (secondary N) is 2. The first-order valence-corrected chi connectivity index (χ1v) is 12.6. The number of carbonyl (C=O) groups is 2. The van der Waals surface area contributed by atoms with E-state index in [1.807, 2.05) is 36.4 Å². The van der Waals surface area contributed by atoms with E-state index in [-0.39, 0.29) is 23.9 Å². The first-order chi connectivity index (χ1) is 16.0. The molecular formula is C25H27ClN4O2S. The summed E-state index contributed by atoms with van der Waals surface area (Å²) in [5, 5.41) is 9.51. The Balaban J connectivity index is 1.27. The lowest BCUT2D eigenvalue weighted by Gasteiger charge is -2.32. The van der Waals surface area contributed by atoms with Crippen molar-refractivity contribution in [2.75, 3.05) is 13.6 Å². The van der Waals surface area contributed by atoms with Crippen molar-refractivity contribution in [1.82, 2.24) is 20.5 Å². The van der Waals surface area contributed by atoms with Crippen LogP contribution in [0.1, 0.15) is 56.4 Å². The molecule has 3 aromatic rings. The summed E-state index contributed by atoms with van der Waals surface area (Å²) in [6.07, 6.45) is 4.65. The van der Waals surface area contributed by atoms with Gasteiger partial charge in [-0.15, -0.1) is 11.3 Å². The summed E-state index contributed by atoms with van der Waals surface area (Å²) >= 11 is 7.56. The molecule has 172 valence electrons. The summed E-state index contributed by atoms with van der Waals surface area (Å²) in [6.45, 7) is 1.82. The van der Waals surface area contributed by atoms with Crippen LogP contribution in [0.3, 0.4) is 0 Å². The minimum Gasteiger partial charge on any atom is -0.347 e. The topological polar surface area (TPSA) is 74.3 Å². The fourth-order valence-electron chi connectivity index (χ4n) is 4.74. The molecule has 2 aliphatic rings. The number of thiazole rings is 1. The molecule has 0 radical (unpaired) electrons. The molecule has 2 aromatic carbocycles. The number of carbonyl (C=O) groups excluding carboxylic acids is 2. The second kappa shape index (κ2) is 9.41. The summed E-state index contributed by atoms with van der Waals surface area (Å²) in [4.78, 5) is 34.0. The number of halogens is 1. The van der Waals surface area contributed by atoms with E-state index in [0.717, 1.165) is 61.7 Å². The highest BCUT2D eigenvalue weighted by Crippen LogP contribution is 2.26. The molecule has 1 aromatic heterocycles. The Labute approximate surface area is 202 Å². The second-order valence-corrected chi connectivity index (χ2v) is 10.5. The van der Waals surface area contributed by atoms with Gasteiger partial charge in [0.2, 0.25) is 0 Å². The average Bonchev–Trinajstić information content (AvgIpc) is 3.23. The summed E-state index contributed by atoms with van der Waals surface area (Å²) < 4.78 is 0. The van der Waals surface area contributed by atoms with E-state index in [2.05, 4.69) is 27.6 Å². The first kappa shape index (κ1) is 22.3. The van der Waals surface area contributed by atoms with Gasteiger partial charge in [-0.3, -0.25) is 9.59 Å². The molecular weight excluding hydrogens is 456 g/mol. The van der Waals surface area contributed by atoms with E-state index in [9.17, 15) is 9.59 Å². The monoisotopic (exact) mass is 482 g/mol. The predicted molar refractivity (Wildman–Crippen MR) is 132 cm³/mol. The smallest absolute Gasteiger partial charge is 0.280 e. The molecule has 0 unspecified atom stereocenters. The Morgan fingerprint density at radius 2 is 1.73 bits per heavy atom. The van der Waals surface area contributed by atoms with Crippen molar-refractivity contribution in [1.29, 1.82) is 0 Å². The number of hydrogen-bond donors (Lipinski definition) is 2. The minimum absolute atomic E-state index is 0.0990. The molecule has 6 nitrogen and oxygen atoms in total. The molecule has 33 heavy (non-hydrogen) atoms.